The van der Waals surface area contributed by atoms with Gasteiger partial charge in [0.15, 0.2) is 11.1 Å². The Morgan fingerprint density at radius 2 is 2.26 bits per heavy atom. The van der Waals surface area contributed by atoms with Gasteiger partial charge in [0.25, 0.3) is 0 Å². The summed E-state index contributed by atoms with van der Waals surface area (Å²) in [5, 5.41) is 12.2. The van der Waals surface area contributed by atoms with Crippen LogP contribution in [0.25, 0.3) is 0 Å². The maximum Gasteiger partial charge on any atom is 0.191 e. The number of hydrogen-bond donors (Lipinski definition) is 2. The Morgan fingerprint density at radius 1 is 1.53 bits per heavy atom. The van der Waals surface area contributed by atoms with Crippen molar-refractivity contribution in [1.29, 1.82) is 0 Å². The van der Waals surface area contributed by atoms with Gasteiger partial charge < -0.3 is 20.6 Å². The first kappa shape index (κ1) is 14.1. The van der Waals surface area contributed by atoms with E-state index in [1.54, 1.807) is 11.3 Å². The maximum atomic E-state index is 9.14. The molecule has 3 N–H and O–H groups in total. The molecule has 1 saturated heterocycles. The molecule has 6 nitrogen and oxygen atoms in total. The fourth-order valence-electron chi connectivity index (χ4n) is 2.03. The summed E-state index contributed by atoms with van der Waals surface area (Å²) in [6.07, 6.45) is 2.63. The molecule has 106 valence electrons. The normalized spacial score (nSPS) is 18.7. The van der Waals surface area contributed by atoms with Gasteiger partial charge in [0.2, 0.25) is 0 Å². The summed E-state index contributed by atoms with van der Waals surface area (Å²) < 4.78 is 0. The number of piperazine rings is 1. The molecule has 0 unspecified atom stereocenters. The lowest BCUT2D eigenvalue weighted by Gasteiger charge is -2.35. The zero-order chi connectivity index (χ0) is 13.7. The van der Waals surface area contributed by atoms with Crippen molar-refractivity contribution in [2.75, 3.05) is 37.7 Å². The molecule has 1 aromatic rings. The molecular formula is C12H21N5OS. The number of thiazole rings is 1. The van der Waals surface area contributed by atoms with E-state index in [1.807, 2.05) is 18.5 Å². The lowest BCUT2D eigenvalue weighted by Crippen LogP contribution is -2.51. The van der Waals surface area contributed by atoms with Crippen LogP contribution in [0.2, 0.25) is 0 Å². The van der Waals surface area contributed by atoms with Crippen LogP contribution in [-0.2, 0) is 0 Å². The van der Waals surface area contributed by atoms with E-state index in [0.717, 1.165) is 37.7 Å². The van der Waals surface area contributed by atoms with Crippen molar-refractivity contribution in [1.82, 2.24) is 9.88 Å². The van der Waals surface area contributed by atoms with Gasteiger partial charge in [-0.1, -0.05) is 6.92 Å². The highest BCUT2D eigenvalue weighted by molar-refractivity contribution is 7.13. The summed E-state index contributed by atoms with van der Waals surface area (Å²) in [5.74, 6) is 0.541. The Bertz CT molecular complexity index is 396. The van der Waals surface area contributed by atoms with Gasteiger partial charge in [0.1, 0.15) is 0 Å². The standard InChI is InChI=1S/C12H21N5OS/c1-2-10(9-18)15-11(13)16-4-6-17(7-5-16)12-14-3-8-19-12/h3,8,10,18H,2,4-7,9H2,1H3,(H2,13,15)/t10-/m1/s1. The minimum atomic E-state index is -0.0861. The molecule has 0 radical (unpaired) electrons. The van der Waals surface area contributed by atoms with E-state index >= 15 is 0 Å². The van der Waals surface area contributed by atoms with Crippen LogP contribution in [0, 0.1) is 0 Å². The van der Waals surface area contributed by atoms with Crippen LogP contribution in [-0.4, -0.2) is 59.8 Å². The van der Waals surface area contributed by atoms with E-state index in [0.29, 0.717) is 5.96 Å². The van der Waals surface area contributed by atoms with Crippen LogP contribution in [0.1, 0.15) is 13.3 Å². The third-order valence-corrected chi connectivity index (χ3v) is 4.12. The van der Waals surface area contributed by atoms with Crippen LogP contribution < -0.4 is 10.6 Å². The minimum Gasteiger partial charge on any atom is -0.394 e. The second-order valence-corrected chi connectivity index (χ2v) is 5.39. The zero-order valence-corrected chi connectivity index (χ0v) is 12.0. The van der Waals surface area contributed by atoms with Crippen LogP contribution in [0.15, 0.2) is 16.6 Å². The Balaban J connectivity index is 1.89. The molecule has 1 fully saturated rings. The first-order valence-corrected chi connectivity index (χ1v) is 7.46. The predicted octanol–water partition coefficient (Wildman–Crippen LogP) is 0.351. The highest BCUT2D eigenvalue weighted by Crippen LogP contribution is 2.18. The summed E-state index contributed by atoms with van der Waals surface area (Å²) in [7, 11) is 0. The molecule has 1 aliphatic heterocycles. The van der Waals surface area contributed by atoms with Gasteiger partial charge in [0.05, 0.1) is 12.6 Å². The average Bonchev–Trinajstić information content (AvgIpc) is 2.99. The van der Waals surface area contributed by atoms with Crippen molar-refractivity contribution >= 4 is 22.4 Å². The first-order valence-electron chi connectivity index (χ1n) is 6.58. The van der Waals surface area contributed by atoms with Gasteiger partial charge in [-0.2, -0.15) is 0 Å². The number of anilines is 1. The van der Waals surface area contributed by atoms with Crippen LogP contribution >= 0.6 is 11.3 Å². The number of nitrogens with zero attached hydrogens (tertiary/aromatic N) is 4. The van der Waals surface area contributed by atoms with Crippen LogP contribution in [0.3, 0.4) is 0 Å². The molecule has 0 saturated carbocycles. The molecule has 7 heteroatoms. The summed E-state index contributed by atoms with van der Waals surface area (Å²) in [6.45, 7) is 5.54. The maximum absolute atomic E-state index is 9.14. The molecule has 1 atom stereocenters. The molecule has 0 spiro atoms. The lowest BCUT2D eigenvalue weighted by atomic mass is 10.2. The van der Waals surface area contributed by atoms with E-state index in [9.17, 15) is 0 Å². The van der Waals surface area contributed by atoms with Gasteiger partial charge in [-0.05, 0) is 6.42 Å². The van der Waals surface area contributed by atoms with Crippen LogP contribution in [0.4, 0.5) is 5.13 Å². The Morgan fingerprint density at radius 3 is 2.79 bits per heavy atom. The number of aliphatic hydroxyl groups excluding tert-OH is 1. The zero-order valence-electron chi connectivity index (χ0n) is 11.2. The largest absolute Gasteiger partial charge is 0.394 e. The smallest absolute Gasteiger partial charge is 0.191 e. The number of aliphatic imine (C=N–C) groups is 1. The molecule has 0 amide bonds. The number of aromatic nitrogens is 1. The summed E-state index contributed by atoms with van der Waals surface area (Å²) in [4.78, 5) is 13.0. The Kier molecular flexibility index (Phi) is 4.98. The van der Waals surface area contributed by atoms with Crippen molar-refractivity contribution in [2.45, 2.75) is 19.4 Å². The van der Waals surface area contributed by atoms with E-state index in [2.05, 4.69) is 19.8 Å². The molecule has 1 aliphatic rings. The highest BCUT2D eigenvalue weighted by Gasteiger charge is 2.20. The van der Waals surface area contributed by atoms with Gasteiger partial charge >= 0.3 is 0 Å². The van der Waals surface area contributed by atoms with Gasteiger partial charge in [-0.25, -0.2) is 9.98 Å². The van der Waals surface area contributed by atoms with Crippen LogP contribution in [0.5, 0.6) is 0 Å². The number of rotatable bonds is 4. The first-order chi connectivity index (χ1) is 9.24. The molecule has 1 aromatic heterocycles. The van der Waals surface area contributed by atoms with Gasteiger partial charge in [0, 0.05) is 37.8 Å². The fourth-order valence-corrected chi connectivity index (χ4v) is 2.73. The molecule has 0 aliphatic carbocycles. The average molecular weight is 283 g/mol. The summed E-state index contributed by atoms with van der Waals surface area (Å²) in [5.41, 5.74) is 6.00. The third kappa shape index (κ3) is 3.57. The highest BCUT2D eigenvalue weighted by atomic mass is 32.1. The summed E-state index contributed by atoms with van der Waals surface area (Å²) >= 11 is 1.66. The summed E-state index contributed by atoms with van der Waals surface area (Å²) in [6, 6.07) is -0.0861. The molecular weight excluding hydrogens is 262 g/mol. The quantitative estimate of drug-likeness (QED) is 0.616. The number of hydrogen-bond acceptors (Lipinski definition) is 5. The van der Waals surface area contributed by atoms with Gasteiger partial charge in [-0.3, -0.25) is 0 Å². The van der Waals surface area contributed by atoms with Crippen molar-refractivity contribution in [3.05, 3.63) is 11.6 Å². The van der Waals surface area contributed by atoms with E-state index in [-0.39, 0.29) is 12.6 Å². The fraction of sp³-hybridized carbons (Fsp3) is 0.667. The topological polar surface area (TPSA) is 78.0 Å². The second kappa shape index (κ2) is 6.72. The van der Waals surface area contributed by atoms with E-state index < -0.39 is 0 Å². The molecule has 2 rings (SSSR count). The monoisotopic (exact) mass is 283 g/mol. The van der Waals surface area contributed by atoms with Gasteiger partial charge in [-0.15, -0.1) is 11.3 Å². The second-order valence-electron chi connectivity index (χ2n) is 4.52. The molecule has 0 aromatic carbocycles. The Labute approximate surface area is 117 Å². The number of guanidine groups is 1. The van der Waals surface area contributed by atoms with Crippen molar-refractivity contribution < 1.29 is 5.11 Å². The van der Waals surface area contributed by atoms with E-state index in [4.69, 9.17) is 10.8 Å². The Hall–Kier alpha value is -1.34. The third-order valence-electron chi connectivity index (χ3n) is 3.29. The minimum absolute atomic E-state index is 0.0519. The van der Waals surface area contributed by atoms with Crippen molar-refractivity contribution in [2.24, 2.45) is 10.7 Å². The predicted molar refractivity (Wildman–Crippen MR) is 78.7 cm³/mol. The number of nitrogens with two attached hydrogens (primary N) is 1. The SMILES string of the molecule is CC[C@H](CO)N=C(N)N1CCN(c2nccs2)CC1. The molecule has 19 heavy (non-hydrogen) atoms. The van der Waals surface area contributed by atoms with Crippen molar-refractivity contribution in [3.63, 3.8) is 0 Å². The van der Waals surface area contributed by atoms with E-state index in [1.165, 1.54) is 0 Å². The number of aliphatic hydroxyl groups is 1. The molecule has 0 bridgehead atoms. The molecule has 2 heterocycles. The van der Waals surface area contributed by atoms with Crippen molar-refractivity contribution in [3.8, 4) is 0 Å². The lowest BCUT2D eigenvalue weighted by molar-refractivity contribution is 0.262.